The predicted molar refractivity (Wildman–Crippen MR) is 83.6 cm³/mol. The fourth-order valence-electron chi connectivity index (χ4n) is 2.88. The lowest BCUT2D eigenvalue weighted by atomic mass is 10.3. The van der Waals surface area contributed by atoms with Crippen molar-refractivity contribution in [2.24, 2.45) is 0 Å². The number of aromatic nitrogens is 3. The number of rotatable bonds is 4. The van der Waals surface area contributed by atoms with Gasteiger partial charge in [0.05, 0.1) is 13.1 Å². The molecule has 4 rings (SSSR count). The van der Waals surface area contributed by atoms with Gasteiger partial charge in [0.1, 0.15) is 5.52 Å². The van der Waals surface area contributed by atoms with E-state index in [-0.39, 0.29) is 0 Å². The monoisotopic (exact) mass is 313 g/mol. The smallest absolute Gasteiger partial charge is 0.240 e. The number of benzene rings is 1. The van der Waals surface area contributed by atoms with Crippen molar-refractivity contribution in [1.29, 1.82) is 0 Å². The van der Waals surface area contributed by atoms with Gasteiger partial charge in [-0.1, -0.05) is 17.3 Å². The predicted octanol–water partition coefficient (Wildman–Crippen LogP) is 1.84. The van der Waals surface area contributed by atoms with Crippen molar-refractivity contribution in [3.63, 3.8) is 0 Å². The van der Waals surface area contributed by atoms with E-state index in [1.165, 1.54) is 0 Å². The number of para-hydroxylation sites is 2. The van der Waals surface area contributed by atoms with E-state index in [2.05, 4.69) is 24.9 Å². The second-order valence-electron chi connectivity index (χ2n) is 5.86. The molecular weight excluding hydrogens is 294 g/mol. The molecule has 1 saturated heterocycles. The third-order valence-corrected chi connectivity index (χ3v) is 4.09. The van der Waals surface area contributed by atoms with Gasteiger partial charge in [-0.05, 0) is 19.1 Å². The summed E-state index contributed by atoms with van der Waals surface area (Å²) in [5.41, 5.74) is 1.78. The summed E-state index contributed by atoms with van der Waals surface area (Å²) in [5, 5.41) is 3.83. The molecule has 0 amide bonds. The minimum absolute atomic E-state index is 0.689. The number of oxazole rings is 1. The molecule has 0 N–H and O–H groups in total. The molecule has 2 aromatic heterocycles. The Hall–Kier alpha value is -2.25. The summed E-state index contributed by atoms with van der Waals surface area (Å²) in [6.07, 6.45) is 0. The summed E-state index contributed by atoms with van der Waals surface area (Å²) in [6, 6.07) is 7.88. The second-order valence-corrected chi connectivity index (χ2v) is 5.86. The van der Waals surface area contributed by atoms with Crippen molar-refractivity contribution in [3.8, 4) is 0 Å². The lowest BCUT2D eigenvalue weighted by Gasteiger charge is -2.33. The van der Waals surface area contributed by atoms with Crippen LogP contribution in [-0.2, 0) is 13.1 Å². The van der Waals surface area contributed by atoms with E-state index in [4.69, 9.17) is 8.94 Å². The van der Waals surface area contributed by atoms with Crippen LogP contribution in [0.3, 0.4) is 0 Å². The highest BCUT2D eigenvalue weighted by molar-refractivity contribution is 5.72. The first-order valence-electron chi connectivity index (χ1n) is 7.84. The number of nitrogens with zero attached hydrogens (tertiary/aromatic N) is 5. The summed E-state index contributed by atoms with van der Waals surface area (Å²) in [6.45, 7) is 7.21. The maximum atomic E-state index is 5.80. The molecule has 1 fully saturated rings. The van der Waals surface area contributed by atoms with Gasteiger partial charge in [-0.15, -0.1) is 0 Å². The zero-order valence-corrected chi connectivity index (χ0v) is 13.1. The Morgan fingerprint density at radius 2 is 1.65 bits per heavy atom. The van der Waals surface area contributed by atoms with E-state index >= 15 is 0 Å². The van der Waals surface area contributed by atoms with E-state index in [1.54, 1.807) is 0 Å². The van der Waals surface area contributed by atoms with Crippen LogP contribution in [0.1, 0.15) is 17.6 Å². The number of hydrogen-bond acceptors (Lipinski definition) is 7. The van der Waals surface area contributed by atoms with Gasteiger partial charge in [-0.25, -0.2) is 4.98 Å². The first-order valence-corrected chi connectivity index (χ1v) is 7.84. The molecule has 3 heterocycles. The first kappa shape index (κ1) is 14.3. The van der Waals surface area contributed by atoms with Crippen molar-refractivity contribution in [2.45, 2.75) is 20.0 Å². The highest BCUT2D eigenvalue weighted by atomic mass is 16.5. The summed E-state index contributed by atoms with van der Waals surface area (Å²) >= 11 is 0. The van der Waals surface area contributed by atoms with Crippen LogP contribution >= 0.6 is 0 Å². The Balaban J connectivity index is 1.32. The topological polar surface area (TPSA) is 71.4 Å². The number of fused-ring (bicyclic) bond motifs is 1. The molecule has 0 spiro atoms. The van der Waals surface area contributed by atoms with E-state index < -0.39 is 0 Å². The van der Waals surface area contributed by atoms with Crippen LogP contribution in [-0.4, -0.2) is 51.1 Å². The number of aryl methyl sites for hydroxylation is 1. The van der Waals surface area contributed by atoms with E-state index in [9.17, 15) is 0 Å². The maximum absolute atomic E-state index is 5.80. The van der Waals surface area contributed by atoms with Crippen molar-refractivity contribution >= 4 is 11.1 Å². The fourth-order valence-corrected chi connectivity index (χ4v) is 2.88. The standard InChI is InChI=1S/C16H19N5O2/c1-12-17-16(23-19-12)11-21-8-6-20(7-9-21)10-15-18-13-4-2-3-5-14(13)22-15/h2-5H,6-11H2,1H3. The van der Waals surface area contributed by atoms with Crippen LogP contribution in [0, 0.1) is 6.92 Å². The maximum Gasteiger partial charge on any atom is 0.240 e. The van der Waals surface area contributed by atoms with Crippen molar-refractivity contribution < 1.29 is 8.94 Å². The van der Waals surface area contributed by atoms with E-state index in [0.29, 0.717) is 11.7 Å². The molecule has 3 aromatic rings. The SMILES string of the molecule is Cc1noc(CN2CCN(Cc3nc4ccccc4o3)CC2)n1. The molecule has 1 aliphatic heterocycles. The third kappa shape index (κ3) is 3.25. The average Bonchev–Trinajstić information content (AvgIpc) is 3.14. The van der Waals surface area contributed by atoms with Crippen LogP contribution in [0.15, 0.2) is 33.2 Å². The Labute approximate surface area is 133 Å². The van der Waals surface area contributed by atoms with Gasteiger partial charge in [0, 0.05) is 26.2 Å². The molecule has 23 heavy (non-hydrogen) atoms. The van der Waals surface area contributed by atoms with Crippen molar-refractivity contribution in [2.75, 3.05) is 26.2 Å². The highest BCUT2D eigenvalue weighted by Crippen LogP contribution is 2.17. The summed E-state index contributed by atoms with van der Waals surface area (Å²) < 4.78 is 11.0. The van der Waals surface area contributed by atoms with Crippen LogP contribution in [0.2, 0.25) is 0 Å². The molecule has 0 bridgehead atoms. The Kier molecular flexibility index (Phi) is 3.80. The van der Waals surface area contributed by atoms with Crippen LogP contribution in [0.4, 0.5) is 0 Å². The Morgan fingerprint density at radius 1 is 0.957 bits per heavy atom. The van der Waals surface area contributed by atoms with Gasteiger partial charge in [-0.2, -0.15) is 4.98 Å². The normalized spacial score (nSPS) is 17.1. The number of hydrogen-bond donors (Lipinski definition) is 0. The molecule has 0 radical (unpaired) electrons. The Bertz CT molecular complexity index is 755. The average molecular weight is 313 g/mol. The summed E-state index contributed by atoms with van der Waals surface area (Å²) in [5.74, 6) is 2.16. The molecule has 1 aliphatic rings. The Morgan fingerprint density at radius 3 is 2.30 bits per heavy atom. The van der Waals surface area contributed by atoms with E-state index in [1.807, 2.05) is 31.2 Å². The van der Waals surface area contributed by atoms with Crippen molar-refractivity contribution in [1.82, 2.24) is 24.9 Å². The van der Waals surface area contributed by atoms with Gasteiger partial charge in [0.15, 0.2) is 11.4 Å². The molecule has 1 aromatic carbocycles. The molecule has 0 unspecified atom stereocenters. The van der Waals surface area contributed by atoms with Gasteiger partial charge in [0.2, 0.25) is 11.8 Å². The fraction of sp³-hybridized carbons (Fsp3) is 0.438. The lowest BCUT2D eigenvalue weighted by Crippen LogP contribution is -2.45. The molecule has 7 heteroatoms. The van der Waals surface area contributed by atoms with E-state index in [0.717, 1.165) is 56.3 Å². The quantitative estimate of drug-likeness (QED) is 0.727. The molecular formula is C16H19N5O2. The minimum Gasteiger partial charge on any atom is -0.439 e. The van der Waals surface area contributed by atoms with Crippen molar-refractivity contribution in [3.05, 3.63) is 41.9 Å². The molecule has 7 nitrogen and oxygen atoms in total. The van der Waals surface area contributed by atoms with Crippen LogP contribution in [0.5, 0.6) is 0 Å². The van der Waals surface area contributed by atoms with Crippen LogP contribution < -0.4 is 0 Å². The van der Waals surface area contributed by atoms with Gasteiger partial charge < -0.3 is 8.94 Å². The largest absolute Gasteiger partial charge is 0.439 e. The first-order chi connectivity index (χ1) is 11.3. The second kappa shape index (κ2) is 6.10. The molecule has 0 aliphatic carbocycles. The zero-order chi connectivity index (χ0) is 15.6. The van der Waals surface area contributed by atoms with Gasteiger partial charge >= 0.3 is 0 Å². The molecule has 0 atom stereocenters. The molecule has 0 saturated carbocycles. The van der Waals surface area contributed by atoms with Gasteiger partial charge in [-0.3, -0.25) is 9.80 Å². The van der Waals surface area contributed by atoms with Gasteiger partial charge in [0.25, 0.3) is 0 Å². The summed E-state index contributed by atoms with van der Waals surface area (Å²) in [4.78, 5) is 13.5. The third-order valence-electron chi connectivity index (χ3n) is 4.09. The summed E-state index contributed by atoms with van der Waals surface area (Å²) in [7, 11) is 0. The van der Waals surface area contributed by atoms with Crippen LogP contribution in [0.25, 0.3) is 11.1 Å². The zero-order valence-electron chi connectivity index (χ0n) is 13.1. The number of piperazine rings is 1. The highest BCUT2D eigenvalue weighted by Gasteiger charge is 2.20. The molecule has 120 valence electrons. The minimum atomic E-state index is 0.689. The lowest BCUT2D eigenvalue weighted by molar-refractivity contribution is 0.106.